The molecule has 0 unspecified atom stereocenters. The van der Waals surface area contributed by atoms with Crippen LogP contribution in [0.2, 0.25) is 0 Å². The minimum atomic E-state index is -1.80. The highest BCUT2D eigenvalue weighted by Crippen LogP contribution is 2.36. The van der Waals surface area contributed by atoms with E-state index in [2.05, 4.69) is 19.9 Å². The molecule has 1 aromatic heterocycles. The highest BCUT2D eigenvalue weighted by Gasteiger charge is 2.28. The molecule has 0 saturated carbocycles. The number of alkyl halides is 3. The second-order valence-electron chi connectivity index (χ2n) is 2.85. The van der Waals surface area contributed by atoms with Crippen molar-refractivity contribution in [2.24, 2.45) is 4.99 Å². The quantitative estimate of drug-likeness (QED) is 0.469. The van der Waals surface area contributed by atoms with Gasteiger partial charge in [0.15, 0.2) is 5.82 Å². The van der Waals surface area contributed by atoms with Crippen molar-refractivity contribution < 1.29 is 4.79 Å². The number of rotatable bonds is 2. The minimum Gasteiger partial charge on any atom is -0.347 e. The first-order valence-corrected chi connectivity index (χ1v) is 5.06. The molecule has 0 aromatic carbocycles. The van der Waals surface area contributed by atoms with E-state index in [9.17, 15) is 4.79 Å². The number of hydrogen-bond donors (Lipinski definition) is 0. The van der Waals surface area contributed by atoms with Gasteiger partial charge in [0.25, 0.3) is 5.95 Å². The van der Waals surface area contributed by atoms with Gasteiger partial charge in [-0.15, -0.1) is 4.99 Å². The second kappa shape index (κ2) is 4.93. The van der Waals surface area contributed by atoms with Crippen LogP contribution in [0.25, 0.3) is 0 Å². The van der Waals surface area contributed by atoms with Crippen molar-refractivity contribution in [3.8, 4) is 0 Å². The van der Waals surface area contributed by atoms with Crippen LogP contribution in [0.1, 0.15) is 5.82 Å². The molecule has 0 amide bonds. The van der Waals surface area contributed by atoms with Crippen molar-refractivity contribution in [2.75, 3.05) is 19.0 Å². The van der Waals surface area contributed by atoms with Gasteiger partial charge in [0.05, 0.1) is 0 Å². The number of nitrogens with zero attached hydrogens (tertiary/aromatic N) is 5. The summed E-state index contributed by atoms with van der Waals surface area (Å²) in [6.07, 6.45) is 1.30. The largest absolute Gasteiger partial charge is 0.347 e. The van der Waals surface area contributed by atoms with Crippen LogP contribution in [0, 0.1) is 0 Å². The monoisotopic (exact) mass is 281 g/mol. The third-order valence-electron chi connectivity index (χ3n) is 1.41. The first-order chi connectivity index (χ1) is 7.34. The number of isocyanates is 1. The number of aliphatic imine (C=N–C) groups is 1. The van der Waals surface area contributed by atoms with Crippen LogP contribution in [-0.2, 0) is 8.59 Å². The molecular formula is C7H6Cl3N5O. The molecule has 0 atom stereocenters. The van der Waals surface area contributed by atoms with Gasteiger partial charge in [-0.05, 0) is 0 Å². The molecule has 0 bridgehead atoms. The zero-order valence-electron chi connectivity index (χ0n) is 8.28. The van der Waals surface area contributed by atoms with E-state index in [1.807, 2.05) is 0 Å². The third kappa shape index (κ3) is 3.28. The molecular weight excluding hydrogens is 276 g/mol. The SMILES string of the molecule is CN(C)c1nc(N=C=O)nc(C(Cl)(Cl)Cl)n1. The lowest BCUT2D eigenvalue weighted by molar-refractivity contribution is 0.565. The molecule has 1 heterocycles. The fraction of sp³-hybridized carbons (Fsp3) is 0.429. The van der Waals surface area contributed by atoms with Crippen LogP contribution in [-0.4, -0.2) is 35.1 Å². The van der Waals surface area contributed by atoms with Crippen LogP contribution in [0.3, 0.4) is 0 Å². The van der Waals surface area contributed by atoms with E-state index in [1.165, 1.54) is 6.08 Å². The standard InChI is InChI=1S/C7H6Cl3N5O/c1-15(2)6-13-4(7(8,9)10)12-5(14-6)11-3-16/h1-2H3. The summed E-state index contributed by atoms with van der Waals surface area (Å²) in [7, 11) is 3.37. The molecule has 1 aromatic rings. The number of carbonyl (C=O) groups excluding carboxylic acids is 1. The van der Waals surface area contributed by atoms with Crippen molar-refractivity contribution in [2.45, 2.75) is 3.79 Å². The Morgan fingerprint density at radius 2 is 1.88 bits per heavy atom. The van der Waals surface area contributed by atoms with Crippen molar-refractivity contribution in [1.82, 2.24) is 15.0 Å². The fourth-order valence-corrected chi connectivity index (χ4v) is 1.03. The highest BCUT2D eigenvalue weighted by atomic mass is 35.6. The Hall–Kier alpha value is -0.940. The zero-order valence-corrected chi connectivity index (χ0v) is 10.5. The van der Waals surface area contributed by atoms with Crippen LogP contribution < -0.4 is 4.90 Å². The van der Waals surface area contributed by atoms with Crippen molar-refractivity contribution in [1.29, 1.82) is 0 Å². The van der Waals surface area contributed by atoms with Crippen LogP contribution in [0.4, 0.5) is 11.9 Å². The summed E-state index contributed by atoms with van der Waals surface area (Å²) in [6, 6.07) is 0. The Labute approximate surface area is 106 Å². The van der Waals surface area contributed by atoms with Crippen LogP contribution >= 0.6 is 34.8 Å². The molecule has 0 saturated heterocycles. The Balaban J connectivity index is 3.35. The van der Waals surface area contributed by atoms with E-state index < -0.39 is 3.79 Å². The smallest absolute Gasteiger partial charge is 0.265 e. The van der Waals surface area contributed by atoms with Crippen LogP contribution in [0.5, 0.6) is 0 Å². The average molecular weight is 283 g/mol. The van der Waals surface area contributed by atoms with Gasteiger partial charge < -0.3 is 4.90 Å². The molecule has 0 spiro atoms. The predicted octanol–water partition coefficient (Wildman–Crippen LogP) is 1.73. The zero-order chi connectivity index (χ0) is 12.3. The normalized spacial score (nSPS) is 10.8. The molecule has 0 aliphatic heterocycles. The van der Waals surface area contributed by atoms with E-state index in [0.29, 0.717) is 0 Å². The maximum Gasteiger partial charge on any atom is 0.265 e. The van der Waals surface area contributed by atoms with Crippen molar-refractivity contribution in [3.63, 3.8) is 0 Å². The molecule has 86 valence electrons. The lowest BCUT2D eigenvalue weighted by atomic mass is 10.6. The molecule has 1 rings (SSSR count). The maximum absolute atomic E-state index is 10.1. The summed E-state index contributed by atoms with van der Waals surface area (Å²) in [5.74, 6) is -0.0365. The molecule has 0 fully saturated rings. The van der Waals surface area contributed by atoms with Crippen molar-refractivity contribution >= 4 is 52.8 Å². The predicted molar refractivity (Wildman–Crippen MR) is 61.2 cm³/mol. The van der Waals surface area contributed by atoms with Crippen LogP contribution in [0.15, 0.2) is 4.99 Å². The summed E-state index contributed by atoms with van der Waals surface area (Å²) < 4.78 is -1.80. The summed E-state index contributed by atoms with van der Waals surface area (Å²) in [5.41, 5.74) is 0. The molecule has 0 radical (unpaired) electrons. The number of halogens is 3. The molecule has 9 heteroatoms. The molecule has 0 aliphatic rings. The summed E-state index contributed by atoms with van der Waals surface area (Å²) in [6.45, 7) is 0. The van der Waals surface area contributed by atoms with Gasteiger partial charge in [-0.3, -0.25) is 0 Å². The topological polar surface area (TPSA) is 71.3 Å². The van der Waals surface area contributed by atoms with Gasteiger partial charge in [-0.2, -0.15) is 15.0 Å². The summed E-state index contributed by atoms with van der Waals surface area (Å²) >= 11 is 16.9. The van der Waals surface area contributed by atoms with E-state index in [0.717, 1.165) is 0 Å². The average Bonchev–Trinajstić information content (AvgIpc) is 2.16. The molecule has 16 heavy (non-hydrogen) atoms. The van der Waals surface area contributed by atoms with Gasteiger partial charge in [-0.25, -0.2) is 4.79 Å². The second-order valence-corrected chi connectivity index (χ2v) is 5.14. The van der Waals surface area contributed by atoms with Crippen molar-refractivity contribution in [3.05, 3.63) is 5.82 Å². The molecule has 6 nitrogen and oxygen atoms in total. The Bertz CT molecular complexity index is 438. The first-order valence-electron chi connectivity index (χ1n) is 3.93. The fourth-order valence-electron chi connectivity index (χ4n) is 0.771. The summed E-state index contributed by atoms with van der Waals surface area (Å²) in [5, 5.41) is 0. The minimum absolute atomic E-state index is 0.106. The number of anilines is 1. The van der Waals surface area contributed by atoms with Gasteiger partial charge >= 0.3 is 0 Å². The van der Waals surface area contributed by atoms with E-state index >= 15 is 0 Å². The van der Waals surface area contributed by atoms with Gasteiger partial charge in [0.1, 0.15) is 0 Å². The van der Waals surface area contributed by atoms with E-state index in [1.54, 1.807) is 19.0 Å². The molecule has 0 N–H and O–H groups in total. The molecule has 0 aliphatic carbocycles. The van der Waals surface area contributed by atoms with E-state index in [-0.39, 0.29) is 17.7 Å². The van der Waals surface area contributed by atoms with Gasteiger partial charge in [0.2, 0.25) is 15.8 Å². The van der Waals surface area contributed by atoms with E-state index in [4.69, 9.17) is 34.8 Å². The van der Waals surface area contributed by atoms with Gasteiger partial charge in [0, 0.05) is 14.1 Å². The Kier molecular flexibility index (Phi) is 4.04. The lowest BCUT2D eigenvalue weighted by Gasteiger charge is -2.14. The third-order valence-corrected chi connectivity index (χ3v) is 1.92. The maximum atomic E-state index is 10.1. The first kappa shape index (κ1) is 13.1. The Morgan fingerprint density at radius 1 is 1.25 bits per heavy atom. The van der Waals surface area contributed by atoms with Gasteiger partial charge in [-0.1, -0.05) is 34.8 Å². The Morgan fingerprint density at radius 3 is 2.31 bits per heavy atom. The summed E-state index contributed by atoms with van der Waals surface area (Å²) in [4.78, 5) is 26.4. The number of aromatic nitrogens is 3. The lowest BCUT2D eigenvalue weighted by Crippen LogP contribution is -2.17. The number of hydrogen-bond acceptors (Lipinski definition) is 6. The highest BCUT2D eigenvalue weighted by molar-refractivity contribution is 6.66.